The average Bonchev–Trinajstić information content (AvgIpc) is 2.46. The van der Waals surface area contributed by atoms with E-state index in [0.717, 1.165) is 23.2 Å². The summed E-state index contributed by atoms with van der Waals surface area (Å²) >= 11 is 5.47. The Morgan fingerprint density at radius 1 is 1.32 bits per heavy atom. The van der Waals surface area contributed by atoms with Crippen LogP contribution in [0.2, 0.25) is 0 Å². The second-order valence-corrected chi connectivity index (χ2v) is 6.11. The van der Waals surface area contributed by atoms with Gasteiger partial charge < -0.3 is 4.90 Å². The van der Waals surface area contributed by atoms with Gasteiger partial charge in [-0.1, -0.05) is 34.1 Å². The maximum Gasteiger partial charge on any atom is 0.133 e. The minimum atomic E-state index is 0.840. The van der Waals surface area contributed by atoms with Crippen molar-refractivity contribution in [2.75, 3.05) is 30.5 Å². The first-order valence-electron chi connectivity index (χ1n) is 6.41. The van der Waals surface area contributed by atoms with Gasteiger partial charge in [-0.15, -0.1) is 0 Å². The first kappa shape index (κ1) is 14.7. The van der Waals surface area contributed by atoms with E-state index in [1.807, 2.05) is 17.8 Å². The van der Waals surface area contributed by atoms with Crippen LogP contribution in [0.5, 0.6) is 0 Å². The van der Waals surface area contributed by atoms with E-state index in [9.17, 15) is 0 Å². The SMILES string of the molecule is CSCCCN(C)c1nc2ccccc2cc1CBr. The van der Waals surface area contributed by atoms with Crippen molar-refractivity contribution in [3.8, 4) is 0 Å². The Morgan fingerprint density at radius 2 is 2.11 bits per heavy atom. The number of nitrogens with zero attached hydrogens (tertiary/aromatic N) is 2. The van der Waals surface area contributed by atoms with Crippen molar-refractivity contribution in [1.82, 2.24) is 4.98 Å². The third-order valence-corrected chi connectivity index (χ3v) is 4.43. The number of hydrogen-bond donors (Lipinski definition) is 0. The number of hydrogen-bond acceptors (Lipinski definition) is 3. The van der Waals surface area contributed by atoms with Crippen molar-refractivity contribution >= 4 is 44.4 Å². The Hall–Kier alpha value is -0.740. The van der Waals surface area contributed by atoms with Gasteiger partial charge in [0, 0.05) is 29.9 Å². The molecule has 0 amide bonds. The van der Waals surface area contributed by atoms with Gasteiger partial charge in [-0.3, -0.25) is 0 Å². The lowest BCUT2D eigenvalue weighted by Crippen LogP contribution is -2.21. The minimum Gasteiger partial charge on any atom is -0.359 e. The molecule has 0 aliphatic rings. The fraction of sp³-hybridized carbons (Fsp3) is 0.400. The molecule has 2 rings (SSSR count). The summed E-state index contributed by atoms with van der Waals surface area (Å²) in [7, 11) is 2.13. The predicted molar refractivity (Wildman–Crippen MR) is 90.6 cm³/mol. The number of para-hydroxylation sites is 1. The Labute approximate surface area is 127 Å². The quantitative estimate of drug-likeness (QED) is 0.576. The molecule has 19 heavy (non-hydrogen) atoms. The van der Waals surface area contributed by atoms with Crippen molar-refractivity contribution in [2.24, 2.45) is 0 Å². The molecule has 0 radical (unpaired) electrons. The molecule has 0 bridgehead atoms. The van der Waals surface area contributed by atoms with E-state index in [1.54, 1.807) is 0 Å². The van der Waals surface area contributed by atoms with Crippen LogP contribution in [0.15, 0.2) is 30.3 Å². The molecular formula is C15H19BrN2S. The fourth-order valence-corrected chi connectivity index (χ4v) is 2.96. The highest BCUT2D eigenvalue weighted by molar-refractivity contribution is 9.08. The van der Waals surface area contributed by atoms with E-state index in [4.69, 9.17) is 4.98 Å². The van der Waals surface area contributed by atoms with Gasteiger partial charge in [0.15, 0.2) is 0 Å². The van der Waals surface area contributed by atoms with Crippen molar-refractivity contribution in [3.05, 3.63) is 35.9 Å². The Kier molecular flexibility index (Phi) is 5.52. The van der Waals surface area contributed by atoms with Gasteiger partial charge in [0.05, 0.1) is 5.52 Å². The van der Waals surface area contributed by atoms with Crippen LogP contribution < -0.4 is 4.90 Å². The summed E-state index contributed by atoms with van der Waals surface area (Å²) in [5.74, 6) is 2.29. The van der Waals surface area contributed by atoms with Crippen LogP contribution in [0.4, 0.5) is 5.82 Å². The van der Waals surface area contributed by atoms with Crippen molar-refractivity contribution in [2.45, 2.75) is 11.8 Å². The summed E-state index contributed by atoms with van der Waals surface area (Å²) in [6.45, 7) is 1.05. The molecule has 102 valence electrons. The second kappa shape index (κ2) is 7.15. The molecule has 0 spiro atoms. The molecule has 0 atom stereocenters. The second-order valence-electron chi connectivity index (χ2n) is 4.57. The van der Waals surface area contributed by atoms with Crippen LogP contribution >= 0.6 is 27.7 Å². The highest BCUT2D eigenvalue weighted by Crippen LogP contribution is 2.25. The van der Waals surface area contributed by atoms with E-state index in [1.165, 1.54) is 23.1 Å². The lowest BCUT2D eigenvalue weighted by molar-refractivity contribution is 0.843. The first-order chi connectivity index (χ1) is 9.26. The van der Waals surface area contributed by atoms with E-state index in [2.05, 4.69) is 58.4 Å². The molecule has 1 heterocycles. The molecule has 2 nitrogen and oxygen atoms in total. The van der Waals surface area contributed by atoms with E-state index in [-0.39, 0.29) is 0 Å². The van der Waals surface area contributed by atoms with Gasteiger partial charge in [-0.2, -0.15) is 11.8 Å². The molecule has 2 aromatic rings. The maximum absolute atomic E-state index is 4.81. The summed E-state index contributed by atoms with van der Waals surface area (Å²) in [6, 6.07) is 10.5. The number of rotatable bonds is 6. The average molecular weight is 339 g/mol. The number of anilines is 1. The summed E-state index contributed by atoms with van der Waals surface area (Å²) in [4.78, 5) is 7.08. The Morgan fingerprint density at radius 3 is 2.84 bits per heavy atom. The van der Waals surface area contributed by atoms with Gasteiger partial charge in [0.25, 0.3) is 0 Å². The molecule has 0 saturated carbocycles. The summed E-state index contributed by atoms with van der Waals surface area (Å²) in [5, 5.41) is 2.05. The number of thioether (sulfide) groups is 1. The zero-order valence-corrected chi connectivity index (χ0v) is 13.8. The summed E-state index contributed by atoms with van der Waals surface area (Å²) < 4.78 is 0. The smallest absolute Gasteiger partial charge is 0.133 e. The maximum atomic E-state index is 4.81. The number of fused-ring (bicyclic) bond motifs is 1. The molecule has 0 fully saturated rings. The number of halogens is 1. The van der Waals surface area contributed by atoms with E-state index < -0.39 is 0 Å². The van der Waals surface area contributed by atoms with Gasteiger partial charge in [0.1, 0.15) is 5.82 Å². The molecule has 0 aliphatic heterocycles. The van der Waals surface area contributed by atoms with Crippen LogP contribution in [-0.2, 0) is 5.33 Å². The van der Waals surface area contributed by atoms with E-state index >= 15 is 0 Å². The third kappa shape index (κ3) is 3.63. The highest BCUT2D eigenvalue weighted by Gasteiger charge is 2.10. The van der Waals surface area contributed by atoms with Crippen LogP contribution in [0, 0.1) is 0 Å². The Bertz CT molecular complexity index is 545. The standard InChI is InChI=1S/C15H19BrN2S/c1-18(8-5-9-19-2)15-13(11-16)10-12-6-3-4-7-14(12)17-15/h3-4,6-7,10H,5,8-9,11H2,1-2H3. The topological polar surface area (TPSA) is 16.1 Å². The molecule has 1 aromatic heterocycles. The van der Waals surface area contributed by atoms with Crippen molar-refractivity contribution in [3.63, 3.8) is 0 Å². The summed E-state index contributed by atoms with van der Waals surface area (Å²) in [6.07, 6.45) is 3.34. The van der Waals surface area contributed by atoms with Gasteiger partial charge in [0.2, 0.25) is 0 Å². The van der Waals surface area contributed by atoms with Crippen molar-refractivity contribution in [1.29, 1.82) is 0 Å². The number of aromatic nitrogens is 1. The molecule has 0 unspecified atom stereocenters. The molecule has 0 saturated heterocycles. The molecular weight excluding hydrogens is 320 g/mol. The Balaban J connectivity index is 2.29. The predicted octanol–water partition coefficient (Wildman–Crippen LogP) is 4.32. The normalized spacial score (nSPS) is 10.9. The van der Waals surface area contributed by atoms with Crippen molar-refractivity contribution < 1.29 is 0 Å². The largest absolute Gasteiger partial charge is 0.359 e. The molecule has 0 N–H and O–H groups in total. The van der Waals surface area contributed by atoms with Crippen LogP contribution in [0.3, 0.4) is 0 Å². The molecule has 1 aromatic carbocycles. The highest BCUT2D eigenvalue weighted by atomic mass is 79.9. The van der Waals surface area contributed by atoms with Gasteiger partial charge in [-0.05, 0) is 30.6 Å². The van der Waals surface area contributed by atoms with Crippen LogP contribution in [-0.4, -0.2) is 30.6 Å². The first-order valence-corrected chi connectivity index (χ1v) is 8.92. The number of alkyl halides is 1. The molecule has 0 aliphatic carbocycles. The molecule has 4 heteroatoms. The third-order valence-electron chi connectivity index (χ3n) is 3.13. The fourth-order valence-electron chi connectivity index (χ4n) is 2.13. The number of benzene rings is 1. The summed E-state index contributed by atoms with van der Waals surface area (Å²) in [5.41, 5.74) is 2.32. The minimum absolute atomic E-state index is 0.840. The zero-order valence-electron chi connectivity index (χ0n) is 11.4. The number of pyridine rings is 1. The van der Waals surface area contributed by atoms with Crippen LogP contribution in [0.1, 0.15) is 12.0 Å². The monoisotopic (exact) mass is 338 g/mol. The van der Waals surface area contributed by atoms with Gasteiger partial charge in [-0.25, -0.2) is 4.98 Å². The lowest BCUT2D eigenvalue weighted by Gasteiger charge is -2.21. The van der Waals surface area contributed by atoms with E-state index in [0.29, 0.717) is 0 Å². The lowest BCUT2D eigenvalue weighted by atomic mass is 10.1. The zero-order chi connectivity index (χ0) is 13.7. The van der Waals surface area contributed by atoms with Crippen LogP contribution in [0.25, 0.3) is 10.9 Å². The van der Waals surface area contributed by atoms with Gasteiger partial charge >= 0.3 is 0 Å².